The molecule has 0 aliphatic heterocycles. The molecule has 0 aliphatic carbocycles. The van der Waals surface area contributed by atoms with Crippen LogP contribution in [0.4, 0.5) is 18.9 Å². The van der Waals surface area contributed by atoms with Crippen molar-refractivity contribution in [1.29, 1.82) is 0 Å². The highest BCUT2D eigenvalue weighted by molar-refractivity contribution is 7.22. The van der Waals surface area contributed by atoms with Gasteiger partial charge in [0.2, 0.25) is 0 Å². The van der Waals surface area contributed by atoms with Crippen LogP contribution in [0.1, 0.15) is 5.56 Å². The van der Waals surface area contributed by atoms with Crippen molar-refractivity contribution >= 4 is 27.1 Å². The SMILES string of the molecule is Nc1ccc(-c2cc3ccc(C(F)(F)F)cc3s2)nc1. The highest BCUT2D eigenvalue weighted by Gasteiger charge is 2.30. The second-order valence-electron chi connectivity index (χ2n) is 4.34. The van der Waals surface area contributed by atoms with Gasteiger partial charge in [0.1, 0.15) is 0 Å². The van der Waals surface area contributed by atoms with Crippen LogP contribution >= 0.6 is 11.3 Å². The Bertz CT molecular complexity index is 760. The lowest BCUT2D eigenvalue weighted by Crippen LogP contribution is -2.03. The predicted molar refractivity (Wildman–Crippen MR) is 74.5 cm³/mol. The number of thiophene rings is 1. The second kappa shape index (κ2) is 4.49. The zero-order valence-corrected chi connectivity index (χ0v) is 10.9. The smallest absolute Gasteiger partial charge is 0.397 e. The van der Waals surface area contributed by atoms with Gasteiger partial charge in [-0.25, -0.2) is 0 Å². The van der Waals surface area contributed by atoms with Crippen molar-refractivity contribution in [2.45, 2.75) is 6.18 Å². The number of nitrogens with zero attached hydrogens (tertiary/aromatic N) is 1. The summed E-state index contributed by atoms with van der Waals surface area (Å²) < 4.78 is 38.6. The average molecular weight is 294 g/mol. The van der Waals surface area contributed by atoms with Crippen LogP contribution < -0.4 is 5.73 Å². The van der Waals surface area contributed by atoms with Gasteiger partial charge in [0, 0.05) is 4.70 Å². The van der Waals surface area contributed by atoms with Crippen molar-refractivity contribution in [2.75, 3.05) is 5.73 Å². The van der Waals surface area contributed by atoms with E-state index in [0.717, 1.165) is 16.3 Å². The van der Waals surface area contributed by atoms with Gasteiger partial charge in [-0.3, -0.25) is 4.98 Å². The first-order valence-electron chi connectivity index (χ1n) is 5.76. The zero-order chi connectivity index (χ0) is 14.3. The summed E-state index contributed by atoms with van der Waals surface area (Å²) in [6.07, 6.45) is -2.79. The minimum absolute atomic E-state index is 0.550. The molecule has 0 atom stereocenters. The first-order chi connectivity index (χ1) is 9.43. The third-order valence-electron chi connectivity index (χ3n) is 2.89. The van der Waals surface area contributed by atoms with Crippen LogP contribution in [-0.2, 0) is 6.18 Å². The minimum Gasteiger partial charge on any atom is -0.397 e. The molecule has 2 aromatic heterocycles. The molecule has 2 N–H and O–H groups in total. The number of hydrogen-bond donors (Lipinski definition) is 1. The van der Waals surface area contributed by atoms with Gasteiger partial charge < -0.3 is 5.73 Å². The van der Waals surface area contributed by atoms with Crippen molar-refractivity contribution in [3.05, 3.63) is 48.2 Å². The van der Waals surface area contributed by atoms with Crippen LogP contribution in [0.5, 0.6) is 0 Å². The van der Waals surface area contributed by atoms with Crippen molar-refractivity contribution in [1.82, 2.24) is 4.98 Å². The maximum absolute atomic E-state index is 12.7. The van der Waals surface area contributed by atoms with Crippen LogP contribution in [0, 0.1) is 0 Å². The maximum atomic E-state index is 12.7. The number of pyridine rings is 1. The summed E-state index contributed by atoms with van der Waals surface area (Å²) in [5, 5.41) is 0.775. The predicted octanol–water partition coefficient (Wildman–Crippen LogP) is 4.56. The number of alkyl halides is 3. The zero-order valence-electron chi connectivity index (χ0n) is 10.1. The Balaban J connectivity index is 2.09. The van der Waals surface area contributed by atoms with Crippen molar-refractivity contribution in [3.63, 3.8) is 0 Å². The van der Waals surface area contributed by atoms with E-state index in [2.05, 4.69) is 4.98 Å². The molecule has 3 aromatic rings. The lowest BCUT2D eigenvalue weighted by molar-refractivity contribution is -0.137. The molecule has 0 bridgehead atoms. The largest absolute Gasteiger partial charge is 0.416 e. The highest BCUT2D eigenvalue weighted by Crippen LogP contribution is 2.37. The molecular formula is C14H9F3N2S. The van der Waals surface area contributed by atoms with E-state index < -0.39 is 11.7 Å². The van der Waals surface area contributed by atoms with E-state index >= 15 is 0 Å². The number of nitrogen functional groups attached to an aromatic ring is 1. The van der Waals surface area contributed by atoms with Crippen molar-refractivity contribution in [3.8, 4) is 10.6 Å². The first kappa shape index (κ1) is 12.9. The van der Waals surface area contributed by atoms with Crippen molar-refractivity contribution in [2.24, 2.45) is 0 Å². The molecule has 0 fully saturated rings. The van der Waals surface area contributed by atoms with E-state index in [4.69, 9.17) is 5.73 Å². The molecule has 0 radical (unpaired) electrons. The molecule has 3 rings (SSSR count). The van der Waals surface area contributed by atoms with Gasteiger partial charge in [-0.15, -0.1) is 11.3 Å². The Kier molecular flexibility index (Phi) is 2.90. The van der Waals surface area contributed by atoms with Gasteiger partial charge in [-0.05, 0) is 35.7 Å². The topological polar surface area (TPSA) is 38.9 Å². The Labute approximate surface area is 116 Å². The molecule has 0 saturated carbocycles. The molecule has 0 amide bonds. The molecule has 0 aliphatic rings. The van der Waals surface area contributed by atoms with Crippen LogP contribution in [0.15, 0.2) is 42.6 Å². The molecule has 20 heavy (non-hydrogen) atoms. The number of benzene rings is 1. The summed E-state index contributed by atoms with van der Waals surface area (Å²) >= 11 is 1.28. The molecular weight excluding hydrogens is 285 g/mol. The number of halogens is 3. The van der Waals surface area contributed by atoms with Crippen LogP contribution in [0.2, 0.25) is 0 Å². The fourth-order valence-electron chi connectivity index (χ4n) is 1.88. The summed E-state index contributed by atoms with van der Waals surface area (Å²) in [6.45, 7) is 0. The molecule has 0 unspecified atom stereocenters. The Morgan fingerprint density at radius 2 is 1.85 bits per heavy atom. The summed E-state index contributed by atoms with van der Waals surface area (Å²) in [7, 11) is 0. The summed E-state index contributed by atoms with van der Waals surface area (Å²) in [6, 6.07) is 9.04. The Hall–Kier alpha value is -2.08. The second-order valence-corrected chi connectivity index (χ2v) is 5.42. The van der Waals surface area contributed by atoms with Crippen LogP contribution in [0.25, 0.3) is 20.7 Å². The van der Waals surface area contributed by atoms with E-state index in [0.29, 0.717) is 16.1 Å². The average Bonchev–Trinajstić information content (AvgIpc) is 2.81. The summed E-state index contributed by atoms with van der Waals surface area (Å²) in [4.78, 5) is 5.00. The lowest BCUT2D eigenvalue weighted by Gasteiger charge is -2.05. The van der Waals surface area contributed by atoms with Crippen molar-refractivity contribution < 1.29 is 13.2 Å². The van der Waals surface area contributed by atoms with E-state index in [1.54, 1.807) is 12.1 Å². The lowest BCUT2D eigenvalue weighted by atomic mass is 10.1. The van der Waals surface area contributed by atoms with E-state index in [1.807, 2.05) is 6.07 Å². The van der Waals surface area contributed by atoms with Gasteiger partial charge >= 0.3 is 6.18 Å². The number of anilines is 1. The number of nitrogens with two attached hydrogens (primary N) is 1. The number of aromatic nitrogens is 1. The molecule has 0 saturated heterocycles. The van der Waals surface area contributed by atoms with E-state index in [9.17, 15) is 13.2 Å². The third-order valence-corrected chi connectivity index (χ3v) is 4.01. The number of fused-ring (bicyclic) bond motifs is 1. The summed E-state index contributed by atoms with van der Waals surface area (Å²) in [5.74, 6) is 0. The molecule has 2 nitrogen and oxygen atoms in total. The first-order valence-corrected chi connectivity index (χ1v) is 6.58. The highest BCUT2D eigenvalue weighted by atomic mass is 32.1. The molecule has 102 valence electrons. The Morgan fingerprint density at radius 3 is 2.50 bits per heavy atom. The van der Waals surface area contributed by atoms with Crippen LogP contribution in [0.3, 0.4) is 0 Å². The minimum atomic E-state index is -4.32. The molecule has 1 aromatic carbocycles. The fourth-order valence-corrected chi connectivity index (χ4v) is 2.96. The van der Waals surface area contributed by atoms with E-state index in [-0.39, 0.29) is 0 Å². The maximum Gasteiger partial charge on any atom is 0.416 e. The third kappa shape index (κ3) is 2.34. The molecule has 2 heterocycles. The monoisotopic (exact) mass is 294 g/mol. The van der Waals surface area contributed by atoms with Gasteiger partial charge in [0.25, 0.3) is 0 Å². The molecule has 0 spiro atoms. The van der Waals surface area contributed by atoms with Gasteiger partial charge in [0.15, 0.2) is 0 Å². The fraction of sp³-hybridized carbons (Fsp3) is 0.0714. The van der Waals surface area contributed by atoms with Crippen LogP contribution in [-0.4, -0.2) is 4.98 Å². The number of hydrogen-bond acceptors (Lipinski definition) is 3. The van der Waals surface area contributed by atoms with Gasteiger partial charge in [0.05, 0.1) is 28.0 Å². The quantitative estimate of drug-likeness (QED) is 0.714. The normalized spacial score (nSPS) is 11.9. The standard InChI is InChI=1S/C14H9F3N2S/c15-14(16,17)9-2-1-8-5-13(20-12(8)6-9)11-4-3-10(18)7-19-11/h1-7H,18H2. The Morgan fingerprint density at radius 1 is 1.05 bits per heavy atom. The van der Waals surface area contributed by atoms with Gasteiger partial charge in [-0.1, -0.05) is 6.07 Å². The molecule has 6 heteroatoms. The van der Waals surface area contributed by atoms with E-state index in [1.165, 1.54) is 29.7 Å². The summed E-state index contributed by atoms with van der Waals surface area (Å²) in [5.41, 5.74) is 6.18. The number of rotatable bonds is 1. The van der Waals surface area contributed by atoms with Gasteiger partial charge in [-0.2, -0.15) is 13.2 Å².